The minimum absolute atomic E-state index is 0.117. The Balaban J connectivity index is 1.55. The first-order valence-electron chi connectivity index (χ1n) is 9.51. The first-order valence-corrected chi connectivity index (χ1v) is 9.51. The SMILES string of the molecule is CCO[C@@H]1C[C@H](O)C12CCN(C(=O)CCc1c(C)nc(=O)[nH]c1C)CC2. The molecule has 2 aliphatic rings. The van der Waals surface area contributed by atoms with Crippen LogP contribution in [0.25, 0.3) is 0 Å². The number of hydrogen-bond acceptors (Lipinski definition) is 5. The van der Waals surface area contributed by atoms with Gasteiger partial charge in [-0.3, -0.25) is 4.79 Å². The van der Waals surface area contributed by atoms with Crippen LogP contribution in [0.1, 0.15) is 49.6 Å². The van der Waals surface area contributed by atoms with Gasteiger partial charge in [0.05, 0.1) is 12.2 Å². The highest BCUT2D eigenvalue weighted by atomic mass is 16.5. The molecule has 0 aromatic carbocycles. The molecular formula is C19H29N3O4. The number of aromatic nitrogens is 2. The molecule has 1 saturated heterocycles. The number of aliphatic hydroxyl groups excluding tert-OH is 1. The van der Waals surface area contributed by atoms with Gasteiger partial charge in [0.15, 0.2) is 0 Å². The van der Waals surface area contributed by atoms with E-state index in [0.29, 0.717) is 44.7 Å². The van der Waals surface area contributed by atoms with Crippen molar-refractivity contribution in [3.63, 3.8) is 0 Å². The van der Waals surface area contributed by atoms with Crippen LogP contribution in [0.5, 0.6) is 0 Å². The molecule has 2 heterocycles. The van der Waals surface area contributed by atoms with E-state index in [1.54, 1.807) is 6.92 Å². The molecule has 1 aromatic heterocycles. The first-order chi connectivity index (χ1) is 12.4. The lowest BCUT2D eigenvalue weighted by atomic mass is 9.58. The topological polar surface area (TPSA) is 95.5 Å². The summed E-state index contributed by atoms with van der Waals surface area (Å²) in [6, 6.07) is 0. The number of ether oxygens (including phenoxy) is 1. The number of likely N-dealkylation sites (tertiary alicyclic amines) is 1. The largest absolute Gasteiger partial charge is 0.392 e. The number of rotatable bonds is 5. The van der Waals surface area contributed by atoms with Crippen LogP contribution >= 0.6 is 0 Å². The van der Waals surface area contributed by atoms with E-state index in [0.717, 1.165) is 24.1 Å². The van der Waals surface area contributed by atoms with Crippen LogP contribution in [0.3, 0.4) is 0 Å². The van der Waals surface area contributed by atoms with Crippen molar-refractivity contribution in [3.8, 4) is 0 Å². The Hall–Kier alpha value is -1.73. The van der Waals surface area contributed by atoms with Gasteiger partial charge in [0, 0.05) is 49.3 Å². The number of piperidine rings is 1. The third kappa shape index (κ3) is 3.42. The van der Waals surface area contributed by atoms with E-state index in [-0.39, 0.29) is 29.2 Å². The molecule has 1 aromatic rings. The number of nitrogens with one attached hydrogen (secondary N) is 1. The zero-order chi connectivity index (χ0) is 18.9. The van der Waals surface area contributed by atoms with Crippen molar-refractivity contribution in [2.45, 2.75) is 65.1 Å². The summed E-state index contributed by atoms with van der Waals surface area (Å²) in [5, 5.41) is 10.3. The van der Waals surface area contributed by atoms with Gasteiger partial charge in [-0.1, -0.05) is 0 Å². The molecule has 0 unspecified atom stereocenters. The maximum absolute atomic E-state index is 12.6. The third-order valence-corrected chi connectivity index (χ3v) is 6.20. The molecule has 0 radical (unpaired) electrons. The van der Waals surface area contributed by atoms with Gasteiger partial charge >= 0.3 is 5.69 Å². The fraction of sp³-hybridized carbons (Fsp3) is 0.737. The molecule has 0 bridgehead atoms. The van der Waals surface area contributed by atoms with Crippen LogP contribution in [-0.2, 0) is 16.0 Å². The number of aryl methyl sites for hydroxylation is 2. The minimum Gasteiger partial charge on any atom is -0.392 e. The lowest BCUT2D eigenvalue weighted by Crippen LogP contribution is -2.62. The maximum Gasteiger partial charge on any atom is 0.345 e. The number of carbonyl (C=O) groups is 1. The summed E-state index contributed by atoms with van der Waals surface area (Å²) in [5.74, 6) is 0.117. The van der Waals surface area contributed by atoms with Crippen LogP contribution in [-0.4, -0.2) is 57.8 Å². The molecule has 1 amide bonds. The highest BCUT2D eigenvalue weighted by Crippen LogP contribution is 2.50. The third-order valence-electron chi connectivity index (χ3n) is 6.20. The van der Waals surface area contributed by atoms with Crippen LogP contribution in [0.2, 0.25) is 0 Å². The van der Waals surface area contributed by atoms with Gasteiger partial charge in [0.1, 0.15) is 0 Å². The van der Waals surface area contributed by atoms with Gasteiger partial charge in [-0.05, 0) is 45.6 Å². The Morgan fingerprint density at radius 2 is 2.08 bits per heavy atom. The van der Waals surface area contributed by atoms with Crippen molar-refractivity contribution >= 4 is 5.91 Å². The highest BCUT2D eigenvalue weighted by Gasteiger charge is 2.56. The molecule has 1 aliphatic carbocycles. The predicted molar refractivity (Wildman–Crippen MR) is 96.9 cm³/mol. The molecule has 7 nitrogen and oxygen atoms in total. The summed E-state index contributed by atoms with van der Waals surface area (Å²) in [6.07, 6.45) is 3.09. The molecule has 1 saturated carbocycles. The number of H-pyrrole nitrogens is 1. The fourth-order valence-corrected chi connectivity index (χ4v) is 4.50. The lowest BCUT2D eigenvalue weighted by molar-refractivity contribution is -0.210. The number of hydrogen-bond donors (Lipinski definition) is 2. The molecule has 1 aliphatic heterocycles. The molecule has 2 fully saturated rings. The smallest absolute Gasteiger partial charge is 0.345 e. The quantitative estimate of drug-likeness (QED) is 0.817. The normalized spacial score (nSPS) is 24.5. The summed E-state index contributed by atoms with van der Waals surface area (Å²) < 4.78 is 5.78. The van der Waals surface area contributed by atoms with Crippen LogP contribution in [0.4, 0.5) is 0 Å². The van der Waals surface area contributed by atoms with E-state index in [1.165, 1.54) is 0 Å². The monoisotopic (exact) mass is 363 g/mol. The molecule has 1 spiro atoms. The molecule has 7 heteroatoms. The second-order valence-corrected chi connectivity index (χ2v) is 7.54. The van der Waals surface area contributed by atoms with Crippen molar-refractivity contribution in [2.75, 3.05) is 19.7 Å². The van der Waals surface area contributed by atoms with Crippen molar-refractivity contribution in [2.24, 2.45) is 5.41 Å². The summed E-state index contributed by atoms with van der Waals surface area (Å²) in [7, 11) is 0. The molecule has 26 heavy (non-hydrogen) atoms. The van der Waals surface area contributed by atoms with Crippen LogP contribution in [0, 0.1) is 19.3 Å². The fourth-order valence-electron chi connectivity index (χ4n) is 4.50. The van der Waals surface area contributed by atoms with Crippen molar-refractivity contribution in [1.82, 2.24) is 14.9 Å². The zero-order valence-electron chi connectivity index (χ0n) is 15.9. The number of carbonyl (C=O) groups excluding carboxylic acids is 1. The molecule has 144 valence electrons. The average molecular weight is 363 g/mol. The summed E-state index contributed by atoms with van der Waals surface area (Å²) in [5.41, 5.74) is 1.90. The Labute approximate surface area is 153 Å². The number of aromatic amines is 1. The Kier molecular flexibility index (Phi) is 5.48. The molecule has 2 atom stereocenters. The Morgan fingerprint density at radius 1 is 1.38 bits per heavy atom. The molecule has 3 rings (SSSR count). The molecular weight excluding hydrogens is 334 g/mol. The van der Waals surface area contributed by atoms with Gasteiger partial charge in [0.25, 0.3) is 0 Å². The second kappa shape index (κ2) is 7.48. The van der Waals surface area contributed by atoms with E-state index in [1.807, 2.05) is 18.7 Å². The lowest BCUT2D eigenvalue weighted by Gasteiger charge is -2.56. The van der Waals surface area contributed by atoms with Gasteiger partial charge < -0.3 is 19.7 Å². The Morgan fingerprint density at radius 3 is 2.65 bits per heavy atom. The standard InChI is InChI=1S/C19H29N3O4/c1-4-26-16-11-15(23)19(16)7-9-22(10-8-19)17(24)6-5-14-12(2)20-18(25)21-13(14)3/h15-16,23H,4-11H2,1-3H3,(H,20,21,25)/t15-,16+/m0/s1. The van der Waals surface area contributed by atoms with E-state index in [2.05, 4.69) is 9.97 Å². The first kappa shape index (κ1) is 19.0. The summed E-state index contributed by atoms with van der Waals surface area (Å²) >= 11 is 0. The maximum atomic E-state index is 12.6. The second-order valence-electron chi connectivity index (χ2n) is 7.54. The van der Waals surface area contributed by atoms with Crippen molar-refractivity contribution in [1.29, 1.82) is 0 Å². The van der Waals surface area contributed by atoms with E-state index in [4.69, 9.17) is 4.74 Å². The van der Waals surface area contributed by atoms with Crippen LogP contribution in [0.15, 0.2) is 4.79 Å². The van der Waals surface area contributed by atoms with Gasteiger partial charge in [-0.25, -0.2) is 4.79 Å². The average Bonchev–Trinajstić information content (AvgIpc) is 2.60. The minimum atomic E-state index is -0.348. The number of amides is 1. The van der Waals surface area contributed by atoms with Gasteiger partial charge in [-0.15, -0.1) is 0 Å². The zero-order valence-corrected chi connectivity index (χ0v) is 15.9. The molecule has 2 N–H and O–H groups in total. The Bertz CT molecular complexity index is 694. The van der Waals surface area contributed by atoms with E-state index < -0.39 is 0 Å². The predicted octanol–water partition coefficient (Wildman–Crippen LogP) is 1.10. The summed E-state index contributed by atoms with van der Waals surface area (Å²) in [4.78, 5) is 32.5. The van der Waals surface area contributed by atoms with Crippen molar-refractivity contribution < 1.29 is 14.6 Å². The van der Waals surface area contributed by atoms with E-state index >= 15 is 0 Å². The number of nitrogens with zero attached hydrogens (tertiary/aromatic N) is 2. The highest BCUT2D eigenvalue weighted by molar-refractivity contribution is 5.76. The summed E-state index contributed by atoms with van der Waals surface area (Å²) in [6.45, 7) is 7.62. The van der Waals surface area contributed by atoms with Gasteiger partial charge in [0.2, 0.25) is 5.91 Å². The number of aliphatic hydroxyl groups is 1. The van der Waals surface area contributed by atoms with Gasteiger partial charge in [-0.2, -0.15) is 4.98 Å². The van der Waals surface area contributed by atoms with Crippen LogP contribution < -0.4 is 5.69 Å². The van der Waals surface area contributed by atoms with E-state index in [9.17, 15) is 14.7 Å². The van der Waals surface area contributed by atoms with Crippen molar-refractivity contribution in [3.05, 3.63) is 27.4 Å².